The third-order valence-electron chi connectivity index (χ3n) is 3.94. The van der Waals surface area contributed by atoms with Crippen LogP contribution in [0.1, 0.15) is 34.1 Å². The molecule has 2 aromatic carbocycles. The maximum atomic E-state index is 12.1. The normalized spacial score (nSPS) is 11.7. The predicted octanol–water partition coefficient (Wildman–Crippen LogP) is 4.95. The van der Waals surface area contributed by atoms with E-state index in [9.17, 15) is 4.79 Å². The molecular weight excluding hydrogens is 340 g/mol. The molecule has 1 atom stereocenters. The zero-order valence-corrected chi connectivity index (χ0v) is 16.6. The zero-order valence-electron chi connectivity index (χ0n) is 16.6. The van der Waals surface area contributed by atoms with Gasteiger partial charge in [0.1, 0.15) is 11.5 Å². The van der Waals surface area contributed by atoms with E-state index in [1.54, 1.807) is 0 Å². The largest absolute Gasteiger partial charge is 0.493 e. The minimum atomic E-state index is -0.106. The SMILES string of the molecule is CCC(C)Oc1ccc(NCC(=O)Nc2ccc(OCC(C)C)cc2)cc1. The van der Waals surface area contributed by atoms with E-state index in [4.69, 9.17) is 9.47 Å². The number of carbonyl (C=O) groups is 1. The van der Waals surface area contributed by atoms with Crippen molar-refractivity contribution >= 4 is 17.3 Å². The summed E-state index contributed by atoms with van der Waals surface area (Å²) < 4.78 is 11.4. The maximum Gasteiger partial charge on any atom is 0.243 e. The Labute approximate surface area is 162 Å². The van der Waals surface area contributed by atoms with Crippen LogP contribution in [0.25, 0.3) is 0 Å². The fourth-order valence-electron chi connectivity index (χ4n) is 2.25. The molecule has 5 heteroatoms. The van der Waals surface area contributed by atoms with Crippen molar-refractivity contribution < 1.29 is 14.3 Å². The minimum Gasteiger partial charge on any atom is -0.493 e. The molecule has 1 amide bonds. The fraction of sp³-hybridized carbons (Fsp3) is 0.409. The Bertz CT molecular complexity index is 697. The van der Waals surface area contributed by atoms with Gasteiger partial charge in [-0.15, -0.1) is 0 Å². The standard InChI is InChI=1S/C22H30N2O3/c1-5-17(4)27-21-12-6-18(7-13-21)23-14-22(25)24-19-8-10-20(11-9-19)26-15-16(2)3/h6-13,16-17,23H,5,14-15H2,1-4H3,(H,24,25). The van der Waals surface area contributed by atoms with E-state index in [1.165, 1.54) is 0 Å². The van der Waals surface area contributed by atoms with Crippen molar-refractivity contribution in [1.29, 1.82) is 0 Å². The van der Waals surface area contributed by atoms with E-state index >= 15 is 0 Å². The Kier molecular flexibility index (Phi) is 7.99. The maximum absolute atomic E-state index is 12.1. The van der Waals surface area contributed by atoms with Gasteiger partial charge >= 0.3 is 0 Å². The quantitative estimate of drug-likeness (QED) is 0.621. The summed E-state index contributed by atoms with van der Waals surface area (Å²) in [6.07, 6.45) is 1.15. The monoisotopic (exact) mass is 370 g/mol. The molecule has 0 radical (unpaired) electrons. The van der Waals surface area contributed by atoms with E-state index in [0.29, 0.717) is 12.5 Å². The molecule has 146 valence electrons. The molecule has 5 nitrogen and oxygen atoms in total. The summed E-state index contributed by atoms with van der Waals surface area (Å²) in [5.41, 5.74) is 1.62. The molecule has 0 aliphatic rings. The average Bonchev–Trinajstić information content (AvgIpc) is 2.66. The summed E-state index contributed by atoms with van der Waals surface area (Å²) in [5.74, 6) is 2.01. The number of ether oxygens (including phenoxy) is 2. The van der Waals surface area contributed by atoms with E-state index < -0.39 is 0 Å². The smallest absolute Gasteiger partial charge is 0.243 e. The van der Waals surface area contributed by atoms with Crippen LogP contribution in [0.5, 0.6) is 11.5 Å². The van der Waals surface area contributed by atoms with Crippen LogP contribution in [0.4, 0.5) is 11.4 Å². The lowest BCUT2D eigenvalue weighted by Crippen LogP contribution is -2.21. The van der Waals surface area contributed by atoms with Crippen molar-refractivity contribution in [3.8, 4) is 11.5 Å². The van der Waals surface area contributed by atoms with Gasteiger partial charge in [0.15, 0.2) is 0 Å². The number of amides is 1. The van der Waals surface area contributed by atoms with Crippen LogP contribution in [0, 0.1) is 5.92 Å². The first-order chi connectivity index (χ1) is 13.0. The topological polar surface area (TPSA) is 59.6 Å². The first-order valence-corrected chi connectivity index (χ1v) is 9.49. The molecule has 0 aliphatic heterocycles. The molecule has 0 saturated carbocycles. The summed E-state index contributed by atoms with van der Waals surface area (Å²) in [6.45, 7) is 9.21. The van der Waals surface area contributed by atoms with Crippen molar-refractivity contribution in [3.05, 3.63) is 48.5 Å². The second-order valence-corrected chi connectivity index (χ2v) is 6.99. The van der Waals surface area contributed by atoms with Crippen molar-refractivity contribution in [2.24, 2.45) is 5.92 Å². The Hall–Kier alpha value is -2.69. The van der Waals surface area contributed by atoms with Crippen LogP contribution < -0.4 is 20.1 Å². The molecule has 0 bridgehead atoms. The Morgan fingerprint density at radius 1 is 0.926 bits per heavy atom. The van der Waals surface area contributed by atoms with Crippen molar-refractivity contribution in [2.45, 2.75) is 40.2 Å². The van der Waals surface area contributed by atoms with Gasteiger partial charge in [-0.3, -0.25) is 4.79 Å². The lowest BCUT2D eigenvalue weighted by atomic mass is 10.2. The van der Waals surface area contributed by atoms with Crippen LogP contribution in [0.2, 0.25) is 0 Å². The van der Waals surface area contributed by atoms with Gasteiger partial charge in [0.25, 0.3) is 0 Å². The summed E-state index contributed by atoms with van der Waals surface area (Å²) in [4.78, 5) is 12.1. The highest BCUT2D eigenvalue weighted by atomic mass is 16.5. The summed E-state index contributed by atoms with van der Waals surface area (Å²) in [5, 5.41) is 5.98. The van der Waals surface area contributed by atoms with Crippen molar-refractivity contribution in [3.63, 3.8) is 0 Å². The van der Waals surface area contributed by atoms with Gasteiger partial charge < -0.3 is 20.1 Å². The van der Waals surface area contributed by atoms with Crippen molar-refractivity contribution in [2.75, 3.05) is 23.8 Å². The van der Waals surface area contributed by atoms with E-state index in [0.717, 1.165) is 29.3 Å². The van der Waals surface area contributed by atoms with Gasteiger partial charge in [0.05, 0.1) is 19.3 Å². The molecule has 0 aromatic heterocycles. The molecule has 0 spiro atoms. The second-order valence-electron chi connectivity index (χ2n) is 6.99. The third-order valence-corrected chi connectivity index (χ3v) is 3.94. The number of benzene rings is 2. The Balaban J connectivity index is 1.77. The third kappa shape index (κ3) is 7.60. The van der Waals surface area contributed by atoms with E-state index in [1.807, 2.05) is 55.5 Å². The van der Waals surface area contributed by atoms with Gasteiger partial charge in [-0.05, 0) is 67.8 Å². The van der Waals surface area contributed by atoms with E-state index in [-0.39, 0.29) is 18.6 Å². The Morgan fingerprint density at radius 2 is 1.52 bits per heavy atom. The molecule has 0 heterocycles. The van der Waals surface area contributed by atoms with Crippen LogP contribution in [0.3, 0.4) is 0 Å². The molecule has 2 N–H and O–H groups in total. The number of hydrogen-bond donors (Lipinski definition) is 2. The molecule has 0 fully saturated rings. The molecule has 0 aliphatic carbocycles. The highest BCUT2D eigenvalue weighted by Gasteiger charge is 2.05. The number of rotatable bonds is 10. The molecule has 27 heavy (non-hydrogen) atoms. The fourth-order valence-corrected chi connectivity index (χ4v) is 2.25. The van der Waals surface area contributed by atoms with Crippen LogP contribution in [0.15, 0.2) is 48.5 Å². The second kappa shape index (κ2) is 10.5. The first-order valence-electron chi connectivity index (χ1n) is 9.49. The molecule has 2 aromatic rings. The lowest BCUT2D eigenvalue weighted by molar-refractivity contribution is -0.114. The van der Waals surface area contributed by atoms with Crippen LogP contribution in [-0.4, -0.2) is 25.2 Å². The van der Waals surface area contributed by atoms with Crippen molar-refractivity contribution in [1.82, 2.24) is 0 Å². The molecule has 2 rings (SSSR count). The Morgan fingerprint density at radius 3 is 2.11 bits per heavy atom. The summed E-state index contributed by atoms with van der Waals surface area (Å²) in [7, 11) is 0. The highest BCUT2D eigenvalue weighted by Crippen LogP contribution is 2.18. The molecular formula is C22H30N2O3. The average molecular weight is 370 g/mol. The summed E-state index contributed by atoms with van der Waals surface area (Å²) >= 11 is 0. The van der Waals surface area contributed by atoms with E-state index in [2.05, 4.69) is 31.4 Å². The molecule has 0 saturated heterocycles. The highest BCUT2D eigenvalue weighted by molar-refractivity contribution is 5.93. The van der Waals surface area contributed by atoms with Gasteiger partial charge in [-0.25, -0.2) is 0 Å². The number of nitrogens with one attached hydrogen (secondary N) is 2. The van der Waals surface area contributed by atoms with Gasteiger partial charge in [-0.2, -0.15) is 0 Å². The minimum absolute atomic E-state index is 0.106. The zero-order chi connectivity index (χ0) is 19.6. The number of anilines is 2. The lowest BCUT2D eigenvalue weighted by Gasteiger charge is -2.13. The predicted molar refractivity (Wildman–Crippen MR) is 111 cm³/mol. The van der Waals surface area contributed by atoms with Gasteiger partial charge in [0.2, 0.25) is 5.91 Å². The van der Waals surface area contributed by atoms with Gasteiger partial charge in [0, 0.05) is 11.4 Å². The number of hydrogen-bond acceptors (Lipinski definition) is 4. The summed E-state index contributed by atoms with van der Waals surface area (Å²) in [6, 6.07) is 15.0. The number of carbonyl (C=O) groups excluding carboxylic acids is 1. The van der Waals surface area contributed by atoms with Crippen LogP contribution in [-0.2, 0) is 4.79 Å². The first kappa shape index (κ1) is 20.6. The molecule has 1 unspecified atom stereocenters. The van der Waals surface area contributed by atoms with Crippen LogP contribution >= 0.6 is 0 Å². The van der Waals surface area contributed by atoms with Gasteiger partial charge in [-0.1, -0.05) is 20.8 Å².